The molecule has 0 aliphatic heterocycles. The first-order chi connectivity index (χ1) is 12.1. The van der Waals surface area contributed by atoms with Crippen molar-refractivity contribution < 1.29 is 9.59 Å². The van der Waals surface area contributed by atoms with Gasteiger partial charge in [0, 0.05) is 6.42 Å². The molecule has 0 saturated heterocycles. The highest BCUT2D eigenvalue weighted by Gasteiger charge is 2.24. The maximum Gasteiger partial charge on any atom is 0.238 e. The molecule has 0 aliphatic rings. The molecule has 0 spiro atoms. The van der Waals surface area contributed by atoms with Crippen molar-refractivity contribution in [2.24, 2.45) is 0 Å². The number of hydrogen-bond acceptors (Lipinski definition) is 4. The number of likely N-dealkylation sites (N-methyl/N-ethyl adjacent to an activating group) is 1. The van der Waals surface area contributed by atoms with E-state index < -0.39 is 6.04 Å². The number of nitrogens with one attached hydrogen (secondary N) is 2. The Morgan fingerprint density at radius 1 is 0.880 bits per heavy atom. The fourth-order valence-corrected chi connectivity index (χ4v) is 3.06. The average molecular weight is 356 g/mol. The third-order valence-electron chi connectivity index (χ3n) is 4.03. The number of carbonyl (C=O) groups is 2. The average Bonchev–Trinajstić information content (AvgIpc) is 2.66. The summed E-state index contributed by atoms with van der Waals surface area (Å²) in [5.41, 5.74) is 2.10. The minimum Gasteiger partial charge on any atom is -0.344 e. The third-order valence-corrected chi connectivity index (χ3v) is 4.72. The smallest absolute Gasteiger partial charge is 0.238 e. The minimum atomic E-state index is -0.531. The fourth-order valence-electron chi connectivity index (χ4n) is 2.63. The first-order valence-corrected chi connectivity index (χ1v) is 9.50. The van der Waals surface area contributed by atoms with Crippen molar-refractivity contribution in [1.82, 2.24) is 10.6 Å². The number of rotatable bonds is 8. The standard InChI is InChI=1S/C20H24N2O2S/c1-21-17(13-15-9-5-3-6-10-15)19(23)22-18(20(24)25-2)14-16-11-7-4-8-12-16/h3-12,17-18,21H,13-14H2,1-2H3,(H,22,23). The van der Waals surface area contributed by atoms with Gasteiger partial charge in [0.2, 0.25) is 11.0 Å². The van der Waals surface area contributed by atoms with Gasteiger partial charge in [-0.25, -0.2) is 0 Å². The first kappa shape index (κ1) is 19.2. The molecule has 0 fully saturated rings. The van der Waals surface area contributed by atoms with E-state index in [-0.39, 0.29) is 17.1 Å². The van der Waals surface area contributed by atoms with Gasteiger partial charge in [-0.2, -0.15) is 0 Å². The van der Waals surface area contributed by atoms with Crippen LogP contribution in [-0.4, -0.2) is 36.4 Å². The maximum atomic E-state index is 12.7. The lowest BCUT2D eigenvalue weighted by molar-refractivity contribution is -0.126. The van der Waals surface area contributed by atoms with Crippen LogP contribution in [0.25, 0.3) is 0 Å². The predicted molar refractivity (Wildman–Crippen MR) is 104 cm³/mol. The van der Waals surface area contributed by atoms with Crippen LogP contribution in [0.3, 0.4) is 0 Å². The molecule has 2 N–H and O–H groups in total. The van der Waals surface area contributed by atoms with Gasteiger partial charge in [-0.15, -0.1) is 0 Å². The lowest BCUT2D eigenvalue weighted by atomic mass is 10.0. The number of amides is 1. The van der Waals surface area contributed by atoms with Crippen LogP contribution in [0.4, 0.5) is 0 Å². The van der Waals surface area contributed by atoms with Gasteiger partial charge in [-0.1, -0.05) is 72.4 Å². The predicted octanol–water partition coefficient (Wildman–Crippen LogP) is 2.43. The monoisotopic (exact) mass is 356 g/mol. The summed E-state index contributed by atoms with van der Waals surface area (Å²) in [7, 11) is 1.76. The summed E-state index contributed by atoms with van der Waals surface area (Å²) >= 11 is 1.14. The van der Waals surface area contributed by atoms with Gasteiger partial charge in [0.05, 0.1) is 6.04 Å². The minimum absolute atomic E-state index is 0.0354. The lowest BCUT2D eigenvalue weighted by Crippen LogP contribution is -2.50. The highest BCUT2D eigenvalue weighted by molar-refractivity contribution is 8.13. The Balaban J connectivity index is 2.05. The van der Waals surface area contributed by atoms with Crippen molar-refractivity contribution >= 4 is 22.8 Å². The topological polar surface area (TPSA) is 58.2 Å². The van der Waals surface area contributed by atoms with E-state index in [4.69, 9.17) is 0 Å². The molecule has 0 radical (unpaired) electrons. The molecule has 132 valence electrons. The zero-order chi connectivity index (χ0) is 18.1. The van der Waals surface area contributed by atoms with Gasteiger partial charge in [0.25, 0.3) is 0 Å². The second kappa shape index (κ2) is 10.0. The molecule has 2 aromatic carbocycles. The van der Waals surface area contributed by atoms with Crippen LogP contribution in [0.15, 0.2) is 60.7 Å². The van der Waals surface area contributed by atoms with E-state index in [2.05, 4.69) is 10.6 Å². The van der Waals surface area contributed by atoms with E-state index in [0.29, 0.717) is 12.8 Å². The normalized spacial score (nSPS) is 13.0. The van der Waals surface area contributed by atoms with Gasteiger partial charge in [-0.3, -0.25) is 9.59 Å². The van der Waals surface area contributed by atoms with Crippen molar-refractivity contribution in [3.05, 3.63) is 71.8 Å². The van der Waals surface area contributed by atoms with Crippen LogP contribution in [0.2, 0.25) is 0 Å². The molecule has 1 amide bonds. The van der Waals surface area contributed by atoms with Crippen molar-refractivity contribution in [2.75, 3.05) is 13.3 Å². The molecule has 0 saturated carbocycles. The number of hydrogen-bond donors (Lipinski definition) is 2. The van der Waals surface area contributed by atoms with Crippen LogP contribution in [0, 0.1) is 0 Å². The maximum absolute atomic E-state index is 12.7. The molecule has 2 aromatic rings. The Labute approximate surface area is 153 Å². The van der Waals surface area contributed by atoms with Crippen molar-refractivity contribution in [1.29, 1.82) is 0 Å². The molecule has 2 atom stereocenters. The largest absolute Gasteiger partial charge is 0.344 e. The van der Waals surface area contributed by atoms with Gasteiger partial charge in [0.15, 0.2) is 0 Å². The molecule has 2 unspecified atom stereocenters. The zero-order valence-corrected chi connectivity index (χ0v) is 15.4. The summed E-state index contributed by atoms with van der Waals surface area (Å²) < 4.78 is 0. The molecular formula is C20H24N2O2S. The Morgan fingerprint density at radius 3 is 1.80 bits per heavy atom. The molecule has 4 nitrogen and oxygen atoms in total. The van der Waals surface area contributed by atoms with Crippen molar-refractivity contribution in [3.63, 3.8) is 0 Å². The highest BCUT2D eigenvalue weighted by atomic mass is 32.2. The van der Waals surface area contributed by atoms with E-state index in [1.165, 1.54) is 0 Å². The quantitative estimate of drug-likeness (QED) is 0.763. The Morgan fingerprint density at radius 2 is 1.36 bits per heavy atom. The number of thioether (sulfide) groups is 1. The molecule has 0 bridgehead atoms. The summed E-state index contributed by atoms with van der Waals surface area (Å²) in [6, 6.07) is 18.7. The van der Waals surface area contributed by atoms with Gasteiger partial charge < -0.3 is 10.6 Å². The van der Waals surface area contributed by atoms with E-state index in [1.54, 1.807) is 13.3 Å². The van der Waals surface area contributed by atoms with Crippen LogP contribution >= 0.6 is 11.8 Å². The Kier molecular flexibility index (Phi) is 7.70. The van der Waals surface area contributed by atoms with E-state index in [9.17, 15) is 9.59 Å². The van der Waals surface area contributed by atoms with Gasteiger partial charge in [0.1, 0.15) is 6.04 Å². The summed E-state index contributed by atoms with van der Waals surface area (Å²) in [6.45, 7) is 0. The third kappa shape index (κ3) is 6.03. The molecule has 2 rings (SSSR count). The van der Waals surface area contributed by atoms with Crippen LogP contribution < -0.4 is 10.6 Å². The molecular weight excluding hydrogens is 332 g/mol. The Hall–Kier alpha value is -2.11. The molecule has 5 heteroatoms. The van der Waals surface area contributed by atoms with E-state index >= 15 is 0 Å². The van der Waals surface area contributed by atoms with Crippen molar-refractivity contribution in [2.45, 2.75) is 24.9 Å². The van der Waals surface area contributed by atoms with Gasteiger partial charge >= 0.3 is 0 Å². The summed E-state index contributed by atoms with van der Waals surface area (Å²) in [6.07, 6.45) is 2.81. The summed E-state index contributed by atoms with van der Waals surface area (Å²) in [5.74, 6) is -0.158. The molecule has 0 aliphatic carbocycles. The number of carbonyl (C=O) groups excluding carboxylic acids is 2. The lowest BCUT2D eigenvalue weighted by Gasteiger charge is -2.21. The molecule has 25 heavy (non-hydrogen) atoms. The fraction of sp³-hybridized carbons (Fsp3) is 0.300. The second-order valence-electron chi connectivity index (χ2n) is 5.81. The second-order valence-corrected chi connectivity index (χ2v) is 6.62. The van der Waals surface area contributed by atoms with Crippen LogP contribution in [-0.2, 0) is 22.4 Å². The number of benzene rings is 2. The first-order valence-electron chi connectivity index (χ1n) is 8.27. The zero-order valence-electron chi connectivity index (χ0n) is 14.6. The van der Waals surface area contributed by atoms with Crippen LogP contribution in [0.1, 0.15) is 11.1 Å². The van der Waals surface area contributed by atoms with E-state index in [0.717, 1.165) is 22.9 Å². The van der Waals surface area contributed by atoms with Crippen molar-refractivity contribution in [3.8, 4) is 0 Å². The van der Waals surface area contributed by atoms with Crippen LogP contribution in [0.5, 0.6) is 0 Å². The summed E-state index contributed by atoms with van der Waals surface area (Å²) in [5, 5.41) is 5.93. The SMILES string of the molecule is CNC(Cc1ccccc1)C(=O)NC(Cc1ccccc1)C(=O)SC. The Bertz CT molecular complexity index is 677. The molecule has 0 aromatic heterocycles. The van der Waals surface area contributed by atoms with E-state index in [1.807, 2.05) is 60.7 Å². The molecule has 0 heterocycles. The van der Waals surface area contributed by atoms with Gasteiger partial charge in [-0.05, 0) is 30.9 Å². The highest BCUT2D eigenvalue weighted by Crippen LogP contribution is 2.10. The summed E-state index contributed by atoms with van der Waals surface area (Å²) in [4.78, 5) is 24.9.